The fourth-order valence-corrected chi connectivity index (χ4v) is 2.21. The fraction of sp³-hybridized carbons (Fsp3) is 0.667. The van der Waals surface area contributed by atoms with E-state index in [0.29, 0.717) is 18.1 Å². The SMILES string of the molecule is CCCNc1cnc(C(=O)NCC2(C)CCOCC2)cn1. The normalized spacial score (nSPS) is 17.2. The number of aromatic nitrogens is 2. The van der Waals surface area contributed by atoms with Gasteiger partial charge in [0.05, 0.1) is 12.4 Å². The molecule has 1 saturated heterocycles. The molecule has 1 aliphatic heterocycles. The lowest BCUT2D eigenvalue weighted by molar-refractivity contribution is 0.0238. The van der Waals surface area contributed by atoms with E-state index in [-0.39, 0.29) is 11.3 Å². The van der Waals surface area contributed by atoms with Crippen LogP contribution < -0.4 is 10.6 Å². The highest BCUT2D eigenvalue weighted by atomic mass is 16.5. The van der Waals surface area contributed by atoms with Gasteiger partial charge in [-0.15, -0.1) is 0 Å². The Bertz CT molecular complexity index is 455. The molecule has 2 heterocycles. The van der Waals surface area contributed by atoms with Gasteiger partial charge in [0.1, 0.15) is 11.5 Å². The lowest BCUT2D eigenvalue weighted by Crippen LogP contribution is -2.39. The maximum atomic E-state index is 12.1. The van der Waals surface area contributed by atoms with E-state index in [0.717, 1.165) is 39.0 Å². The summed E-state index contributed by atoms with van der Waals surface area (Å²) < 4.78 is 5.36. The summed E-state index contributed by atoms with van der Waals surface area (Å²) in [6.45, 7) is 7.29. The molecule has 21 heavy (non-hydrogen) atoms. The Kier molecular flexibility index (Phi) is 5.50. The third kappa shape index (κ3) is 4.67. The molecule has 0 aliphatic carbocycles. The second kappa shape index (κ2) is 7.36. The van der Waals surface area contributed by atoms with Gasteiger partial charge < -0.3 is 15.4 Å². The second-order valence-electron chi connectivity index (χ2n) is 5.82. The molecule has 1 aromatic rings. The zero-order valence-electron chi connectivity index (χ0n) is 12.8. The third-order valence-corrected chi connectivity index (χ3v) is 3.82. The van der Waals surface area contributed by atoms with Gasteiger partial charge in [-0.25, -0.2) is 9.97 Å². The van der Waals surface area contributed by atoms with E-state index >= 15 is 0 Å². The number of rotatable bonds is 6. The molecule has 1 aliphatic rings. The first kappa shape index (κ1) is 15.7. The van der Waals surface area contributed by atoms with Crippen molar-refractivity contribution in [1.82, 2.24) is 15.3 Å². The Hall–Kier alpha value is -1.69. The van der Waals surface area contributed by atoms with Crippen LogP contribution >= 0.6 is 0 Å². The number of carbonyl (C=O) groups is 1. The first-order valence-corrected chi connectivity index (χ1v) is 7.55. The van der Waals surface area contributed by atoms with Gasteiger partial charge in [0, 0.05) is 26.3 Å². The monoisotopic (exact) mass is 292 g/mol. The highest BCUT2D eigenvalue weighted by Crippen LogP contribution is 2.28. The number of amides is 1. The van der Waals surface area contributed by atoms with Gasteiger partial charge in [-0.2, -0.15) is 0 Å². The first-order valence-electron chi connectivity index (χ1n) is 7.55. The molecule has 6 heteroatoms. The van der Waals surface area contributed by atoms with Crippen LogP contribution in [0.2, 0.25) is 0 Å². The molecule has 0 aromatic carbocycles. The minimum absolute atomic E-state index is 0.115. The van der Waals surface area contributed by atoms with Crippen LogP contribution in [0.25, 0.3) is 0 Å². The van der Waals surface area contributed by atoms with E-state index in [1.165, 1.54) is 6.20 Å². The molecule has 2 N–H and O–H groups in total. The Balaban J connectivity index is 1.85. The van der Waals surface area contributed by atoms with Crippen molar-refractivity contribution in [1.29, 1.82) is 0 Å². The molecule has 2 rings (SSSR count). The number of hydrogen-bond acceptors (Lipinski definition) is 5. The Morgan fingerprint density at radius 3 is 2.71 bits per heavy atom. The van der Waals surface area contributed by atoms with Crippen molar-refractivity contribution in [3.05, 3.63) is 18.1 Å². The number of anilines is 1. The van der Waals surface area contributed by atoms with Crippen LogP contribution in [0.15, 0.2) is 12.4 Å². The molecule has 0 bridgehead atoms. The van der Waals surface area contributed by atoms with Crippen LogP contribution in [0.4, 0.5) is 5.82 Å². The molecule has 0 radical (unpaired) electrons. The van der Waals surface area contributed by atoms with E-state index in [1.807, 2.05) is 0 Å². The average Bonchev–Trinajstić information content (AvgIpc) is 2.52. The number of carbonyl (C=O) groups excluding carboxylic acids is 1. The van der Waals surface area contributed by atoms with E-state index in [2.05, 4.69) is 34.4 Å². The fourth-order valence-electron chi connectivity index (χ4n) is 2.21. The van der Waals surface area contributed by atoms with Crippen LogP contribution in [0.5, 0.6) is 0 Å². The maximum Gasteiger partial charge on any atom is 0.271 e. The van der Waals surface area contributed by atoms with Crippen molar-refractivity contribution in [2.75, 3.05) is 31.6 Å². The van der Waals surface area contributed by atoms with Crippen molar-refractivity contribution in [3.63, 3.8) is 0 Å². The number of hydrogen-bond donors (Lipinski definition) is 2. The average molecular weight is 292 g/mol. The van der Waals surface area contributed by atoms with Gasteiger partial charge in [0.15, 0.2) is 0 Å². The van der Waals surface area contributed by atoms with E-state index in [9.17, 15) is 4.79 Å². The predicted octanol–water partition coefficient (Wildman–Crippen LogP) is 1.84. The number of nitrogens with zero attached hydrogens (tertiary/aromatic N) is 2. The second-order valence-corrected chi connectivity index (χ2v) is 5.82. The van der Waals surface area contributed by atoms with Gasteiger partial charge in [0.2, 0.25) is 0 Å². The largest absolute Gasteiger partial charge is 0.381 e. The van der Waals surface area contributed by atoms with Gasteiger partial charge in [-0.3, -0.25) is 4.79 Å². The maximum absolute atomic E-state index is 12.1. The lowest BCUT2D eigenvalue weighted by Gasteiger charge is -2.33. The van der Waals surface area contributed by atoms with Crippen molar-refractivity contribution in [2.45, 2.75) is 33.1 Å². The molecule has 6 nitrogen and oxygen atoms in total. The summed E-state index contributed by atoms with van der Waals surface area (Å²) in [5.74, 6) is 0.530. The Labute approximate surface area is 125 Å². The third-order valence-electron chi connectivity index (χ3n) is 3.82. The van der Waals surface area contributed by atoms with Gasteiger partial charge in [-0.05, 0) is 24.7 Å². The zero-order chi connectivity index (χ0) is 15.1. The first-order chi connectivity index (χ1) is 10.1. The summed E-state index contributed by atoms with van der Waals surface area (Å²) in [6.07, 6.45) is 6.07. The van der Waals surface area contributed by atoms with Crippen LogP contribution in [-0.4, -0.2) is 42.2 Å². The Morgan fingerprint density at radius 1 is 1.33 bits per heavy atom. The molecule has 1 amide bonds. The molecule has 0 saturated carbocycles. The molecule has 1 aromatic heterocycles. The number of ether oxygens (including phenoxy) is 1. The summed E-state index contributed by atoms with van der Waals surface area (Å²) in [4.78, 5) is 20.4. The van der Waals surface area contributed by atoms with Crippen molar-refractivity contribution in [2.24, 2.45) is 5.41 Å². The molecule has 1 fully saturated rings. The van der Waals surface area contributed by atoms with Crippen LogP contribution in [0.3, 0.4) is 0 Å². The Morgan fingerprint density at radius 2 is 2.10 bits per heavy atom. The summed E-state index contributed by atoms with van der Waals surface area (Å²) in [5.41, 5.74) is 0.469. The molecule has 0 atom stereocenters. The van der Waals surface area contributed by atoms with E-state index in [4.69, 9.17) is 4.74 Å². The summed E-state index contributed by atoms with van der Waals surface area (Å²) in [7, 11) is 0. The van der Waals surface area contributed by atoms with Gasteiger partial charge >= 0.3 is 0 Å². The summed E-state index contributed by atoms with van der Waals surface area (Å²) >= 11 is 0. The summed E-state index contributed by atoms with van der Waals surface area (Å²) in [6, 6.07) is 0. The molecular weight excluding hydrogens is 268 g/mol. The lowest BCUT2D eigenvalue weighted by atomic mass is 9.82. The highest BCUT2D eigenvalue weighted by Gasteiger charge is 2.28. The van der Waals surface area contributed by atoms with Crippen LogP contribution in [0, 0.1) is 5.41 Å². The zero-order valence-corrected chi connectivity index (χ0v) is 12.8. The molecule has 0 spiro atoms. The quantitative estimate of drug-likeness (QED) is 0.836. The van der Waals surface area contributed by atoms with Crippen molar-refractivity contribution >= 4 is 11.7 Å². The molecule has 0 unspecified atom stereocenters. The van der Waals surface area contributed by atoms with Crippen molar-refractivity contribution < 1.29 is 9.53 Å². The van der Waals surface area contributed by atoms with Crippen molar-refractivity contribution in [3.8, 4) is 0 Å². The minimum Gasteiger partial charge on any atom is -0.381 e. The van der Waals surface area contributed by atoms with Crippen LogP contribution in [0.1, 0.15) is 43.6 Å². The van der Waals surface area contributed by atoms with Gasteiger partial charge in [-0.1, -0.05) is 13.8 Å². The minimum atomic E-state index is -0.169. The highest BCUT2D eigenvalue weighted by molar-refractivity contribution is 5.92. The predicted molar refractivity (Wildman–Crippen MR) is 81.3 cm³/mol. The molecule has 116 valence electrons. The van der Waals surface area contributed by atoms with E-state index in [1.54, 1.807) is 6.20 Å². The van der Waals surface area contributed by atoms with E-state index < -0.39 is 0 Å². The summed E-state index contributed by atoms with van der Waals surface area (Å²) in [5, 5.41) is 6.09. The van der Waals surface area contributed by atoms with Crippen LogP contribution in [-0.2, 0) is 4.74 Å². The topological polar surface area (TPSA) is 76.1 Å². The smallest absolute Gasteiger partial charge is 0.271 e. The van der Waals surface area contributed by atoms with Gasteiger partial charge in [0.25, 0.3) is 5.91 Å². The number of nitrogens with one attached hydrogen (secondary N) is 2. The standard InChI is InChI=1S/C15H24N4O2/c1-3-6-16-13-10-17-12(9-18-13)14(20)19-11-15(2)4-7-21-8-5-15/h9-10H,3-8,11H2,1-2H3,(H,16,18)(H,19,20). The molecular formula is C15H24N4O2.